The summed E-state index contributed by atoms with van der Waals surface area (Å²) in [6.07, 6.45) is 3.39. The van der Waals surface area contributed by atoms with Gasteiger partial charge < -0.3 is 9.73 Å². The summed E-state index contributed by atoms with van der Waals surface area (Å²) in [5, 5.41) is 13.0. The molecule has 2 rings (SSSR count). The maximum atomic E-state index is 5.01. The molecule has 2 aromatic heterocycles. The number of hydrogen-bond donors (Lipinski definition) is 1. The lowest BCUT2D eigenvalue weighted by Crippen LogP contribution is -2.04. The SMILES string of the molecule is Cc1nnc(NC(C)c2ccoc2)s1. The second-order valence-electron chi connectivity index (χ2n) is 3.05. The van der Waals surface area contributed by atoms with E-state index in [0.29, 0.717) is 0 Å². The van der Waals surface area contributed by atoms with Crippen molar-refractivity contribution in [3.63, 3.8) is 0 Å². The van der Waals surface area contributed by atoms with E-state index in [0.717, 1.165) is 15.7 Å². The third-order valence-corrected chi connectivity index (χ3v) is 2.68. The van der Waals surface area contributed by atoms with Crippen molar-refractivity contribution in [3.05, 3.63) is 29.2 Å². The standard InChI is InChI=1S/C9H11N3OS/c1-6(8-3-4-13-5-8)10-9-12-11-7(2)14-9/h3-6H,1-2H3,(H,10,12). The first-order valence-electron chi connectivity index (χ1n) is 4.34. The Kier molecular flexibility index (Phi) is 2.49. The van der Waals surface area contributed by atoms with Crippen LogP contribution in [0, 0.1) is 6.92 Å². The van der Waals surface area contributed by atoms with Gasteiger partial charge in [0.2, 0.25) is 5.13 Å². The fraction of sp³-hybridized carbons (Fsp3) is 0.333. The average molecular weight is 209 g/mol. The predicted molar refractivity (Wildman–Crippen MR) is 55.4 cm³/mol. The van der Waals surface area contributed by atoms with E-state index in [-0.39, 0.29) is 6.04 Å². The quantitative estimate of drug-likeness (QED) is 0.844. The summed E-state index contributed by atoms with van der Waals surface area (Å²) in [6, 6.07) is 2.13. The van der Waals surface area contributed by atoms with Crippen molar-refractivity contribution < 1.29 is 4.42 Å². The molecule has 74 valence electrons. The summed E-state index contributed by atoms with van der Waals surface area (Å²) in [7, 11) is 0. The summed E-state index contributed by atoms with van der Waals surface area (Å²) in [6.45, 7) is 3.99. The van der Waals surface area contributed by atoms with E-state index in [1.807, 2.05) is 13.0 Å². The van der Waals surface area contributed by atoms with Crippen molar-refractivity contribution >= 4 is 16.5 Å². The topological polar surface area (TPSA) is 51.0 Å². The van der Waals surface area contributed by atoms with Gasteiger partial charge >= 0.3 is 0 Å². The molecule has 5 heteroatoms. The minimum Gasteiger partial charge on any atom is -0.472 e. The predicted octanol–water partition coefficient (Wildman–Crippen LogP) is 2.61. The fourth-order valence-electron chi connectivity index (χ4n) is 1.14. The number of rotatable bonds is 3. The van der Waals surface area contributed by atoms with E-state index in [1.165, 1.54) is 0 Å². The summed E-state index contributed by atoms with van der Waals surface area (Å²) < 4.78 is 5.01. The van der Waals surface area contributed by atoms with Gasteiger partial charge in [0.05, 0.1) is 18.6 Å². The van der Waals surface area contributed by atoms with Crippen molar-refractivity contribution in [1.82, 2.24) is 10.2 Å². The van der Waals surface area contributed by atoms with Crippen LogP contribution in [0.5, 0.6) is 0 Å². The molecule has 0 spiro atoms. The molecule has 0 aliphatic heterocycles. The Morgan fingerprint density at radius 1 is 1.50 bits per heavy atom. The molecule has 0 fully saturated rings. The minimum atomic E-state index is 0.195. The van der Waals surface area contributed by atoms with Crippen LogP contribution in [0.2, 0.25) is 0 Å². The summed E-state index contributed by atoms with van der Waals surface area (Å²) in [5.74, 6) is 0. The molecule has 14 heavy (non-hydrogen) atoms. The molecule has 1 atom stereocenters. The molecule has 1 unspecified atom stereocenters. The van der Waals surface area contributed by atoms with E-state index in [2.05, 4.69) is 22.4 Å². The Balaban J connectivity index is 2.05. The van der Waals surface area contributed by atoms with Gasteiger partial charge in [0.25, 0.3) is 0 Å². The smallest absolute Gasteiger partial charge is 0.206 e. The average Bonchev–Trinajstić information content (AvgIpc) is 2.75. The van der Waals surface area contributed by atoms with Gasteiger partial charge in [-0.25, -0.2) is 0 Å². The minimum absolute atomic E-state index is 0.195. The Bertz CT molecular complexity index is 396. The van der Waals surface area contributed by atoms with E-state index in [4.69, 9.17) is 4.42 Å². The zero-order valence-electron chi connectivity index (χ0n) is 8.02. The van der Waals surface area contributed by atoms with Crippen LogP contribution in [0.1, 0.15) is 23.5 Å². The molecule has 0 aromatic carbocycles. The van der Waals surface area contributed by atoms with Crippen LogP contribution >= 0.6 is 11.3 Å². The molecule has 0 aliphatic rings. The highest BCUT2D eigenvalue weighted by molar-refractivity contribution is 7.15. The first kappa shape index (κ1) is 9.21. The van der Waals surface area contributed by atoms with Crippen LogP contribution < -0.4 is 5.32 Å². The van der Waals surface area contributed by atoms with Crippen molar-refractivity contribution in [3.8, 4) is 0 Å². The maximum absolute atomic E-state index is 5.01. The molecule has 0 radical (unpaired) electrons. The lowest BCUT2D eigenvalue weighted by Gasteiger charge is -2.08. The van der Waals surface area contributed by atoms with Crippen LogP contribution in [0.15, 0.2) is 23.0 Å². The van der Waals surface area contributed by atoms with E-state index in [1.54, 1.807) is 23.9 Å². The highest BCUT2D eigenvalue weighted by Crippen LogP contribution is 2.21. The first-order valence-corrected chi connectivity index (χ1v) is 5.16. The van der Waals surface area contributed by atoms with Crippen LogP contribution in [-0.2, 0) is 0 Å². The molecule has 0 aliphatic carbocycles. The Labute approximate surface area is 86.0 Å². The second kappa shape index (κ2) is 3.79. The lowest BCUT2D eigenvalue weighted by atomic mass is 10.2. The summed E-state index contributed by atoms with van der Waals surface area (Å²) in [5.41, 5.74) is 1.11. The molecule has 2 aromatic rings. The Hall–Kier alpha value is -1.36. The van der Waals surface area contributed by atoms with Crippen molar-refractivity contribution in [2.75, 3.05) is 5.32 Å². The third-order valence-electron chi connectivity index (χ3n) is 1.91. The number of aromatic nitrogens is 2. The molecule has 4 nitrogen and oxygen atoms in total. The Morgan fingerprint density at radius 2 is 2.36 bits per heavy atom. The molecule has 2 heterocycles. The van der Waals surface area contributed by atoms with Crippen molar-refractivity contribution in [2.45, 2.75) is 19.9 Å². The lowest BCUT2D eigenvalue weighted by molar-refractivity contribution is 0.562. The second-order valence-corrected chi connectivity index (χ2v) is 4.23. The first-order chi connectivity index (χ1) is 6.75. The van der Waals surface area contributed by atoms with Gasteiger partial charge in [0, 0.05) is 5.56 Å². The van der Waals surface area contributed by atoms with Crippen LogP contribution in [-0.4, -0.2) is 10.2 Å². The molecule has 1 N–H and O–H groups in total. The van der Waals surface area contributed by atoms with Gasteiger partial charge in [-0.15, -0.1) is 10.2 Å². The summed E-state index contributed by atoms with van der Waals surface area (Å²) in [4.78, 5) is 0. The Morgan fingerprint density at radius 3 is 2.93 bits per heavy atom. The monoisotopic (exact) mass is 209 g/mol. The van der Waals surface area contributed by atoms with Crippen LogP contribution in [0.25, 0.3) is 0 Å². The van der Waals surface area contributed by atoms with Gasteiger partial charge in [-0.3, -0.25) is 0 Å². The highest BCUT2D eigenvalue weighted by atomic mass is 32.1. The molecular weight excluding hydrogens is 198 g/mol. The van der Waals surface area contributed by atoms with Gasteiger partial charge in [-0.05, 0) is 19.9 Å². The van der Waals surface area contributed by atoms with E-state index in [9.17, 15) is 0 Å². The fourth-order valence-corrected chi connectivity index (χ4v) is 1.82. The van der Waals surface area contributed by atoms with Crippen LogP contribution in [0.4, 0.5) is 5.13 Å². The van der Waals surface area contributed by atoms with Crippen molar-refractivity contribution in [1.29, 1.82) is 0 Å². The normalized spacial score (nSPS) is 12.7. The number of anilines is 1. The molecule has 0 amide bonds. The van der Waals surface area contributed by atoms with Crippen molar-refractivity contribution in [2.24, 2.45) is 0 Å². The maximum Gasteiger partial charge on any atom is 0.206 e. The van der Waals surface area contributed by atoms with E-state index < -0.39 is 0 Å². The molecular formula is C9H11N3OS. The molecule has 0 saturated carbocycles. The number of hydrogen-bond acceptors (Lipinski definition) is 5. The van der Waals surface area contributed by atoms with Crippen LogP contribution in [0.3, 0.4) is 0 Å². The molecule has 0 bridgehead atoms. The van der Waals surface area contributed by atoms with Gasteiger partial charge in [0.1, 0.15) is 5.01 Å². The van der Waals surface area contributed by atoms with E-state index >= 15 is 0 Å². The zero-order valence-corrected chi connectivity index (χ0v) is 8.84. The number of aryl methyl sites for hydroxylation is 1. The zero-order chi connectivity index (χ0) is 9.97. The number of nitrogens with zero attached hydrogens (tertiary/aromatic N) is 2. The van der Waals surface area contributed by atoms with Gasteiger partial charge in [-0.2, -0.15) is 0 Å². The summed E-state index contributed by atoms with van der Waals surface area (Å²) >= 11 is 1.55. The largest absolute Gasteiger partial charge is 0.472 e. The molecule has 0 saturated heterocycles. The highest BCUT2D eigenvalue weighted by Gasteiger charge is 2.08. The van der Waals surface area contributed by atoms with Gasteiger partial charge in [-0.1, -0.05) is 11.3 Å². The van der Waals surface area contributed by atoms with Gasteiger partial charge in [0.15, 0.2) is 0 Å². The number of furan rings is 1. The number of nitrogens with one attached hydrogen (secondary N) is 1. The third kappa shape index (κ3) is 1.93.